The third kappa shape index (κ3) is 7.68. The Morgan fingerprint density at radius 3 is 2.65 bits per heavy atom. The second kappa shape index (κ2) is 12.1. The van der Waals surface area contributed by atoms with E-state index in [0.29, 0.717) is 36.6 Å². The summed E-state index contributed by atoms with van der Waals surface area (Å²) in [5, 5.41) is 9.08. The minimum atomic E-state index is -0.667. The van der Waals surface area contributed by atoms with E-state index in [1.165, 1.54) is 0 Å². The molecule has 0 fully saturated rings. The van der Waals surface area contributed by atoms with Gasteiger partial charge in [-0.15, -0.1) is 3.89 Å². The Hall–Kier alpha value is -2.92. The average Bonchev–Trinajstić information content (AvgIpc) is 2.72. The first-order valence-electron chi connectivity index (χ1n) is 9.94. The number of rotatable bonds is 12. The number of aryl methyl sites for hydroxylation is 1. The van der Waals surface area contributed by atoms with Gasteiger partial charge in [-0.2, -0.15) is 0 Å². The molecule has 2 aromatic rings. The van der Waals surface area contributed by atoms with Crippen molar-refractivity contribution in [3.63, 3.8) is 0 Å². The maximum absolute atomic E-state index is 11.9. The Morgan fingerprint density at radius 1 is 1.23 bits per heavy atom. The Kier molecular flexibility index (Phi) is 9.47. The number of nitrogens with two attached hydrogens (primary N) is 1. The van der Waals surface area contributed by atoms with Gasteiger partial charge in [-0.1, -0.05) is 19.1 Å². The minimum absolute atomic E-state index is 0.0713. The van der Waals surface area contributed by atoms with E-state index in [0.717, 1.165) is 5.56 Å². The van der Waals surface area contributed by atoms with Crippen LogP contribution < -0.4 is 26.4 Å². The molecule has 2 amide bonds. The van der Waals surface area contributed by atoms with Crippen LogP contribution in [0.3, 0.4) is 0 Å². The molecule has 0 aliphatic heterocycles. The lowest BCUT2D eigenvalue weighted by molar-refractivity contribution is -0.119. The smallest absolute Gasteiger partial charge is 0.271 e. The monoisotopic (exact) mass is 449 g/mol. The van der Waals surface area contributed by atoms with Crippen LogP contribution in [0.1, 0.15) is 42.5 Å². The number of hydrogen-bond acceptors (Lipinski definition) is 8. The van der Waals surface area contributed by atoms with Crippen LogP contribution in [-0.2, 0) is 17.6 Å². The number of primary amides is 1. The summed E-state index contributed by atoms with van der Waals surface area (Å²) in [6, 6.07) is 7.63. The number of benzene rings is 1. The maximum Gasteiger partial charge on any atom is 0.271 e. The highest BCUT2D eigenvalue weighted by molar-refractivity contribution is 7.92. The topological polar surface area (TPSA) is 134 Å². The zero-order chi connectivity index (χ0) is 22.8. The van der Waals surface area contributed by atoms with E-state index >= 15 is 0 Å². The zero-order valence-corrected chi connectivity index (χ0v) is 18.6. The van der Waals surface area contributed by atoms with Crippen LogP contribution in [0.25, 0.3) is 0 Å². The molecular weight excluding hydrogens is 421 g/mol. The van der Waals surface area contributed by atoms with Crippen molar-refractivity contribution in [1.29, 1.82) is 0 Å². The lowest BCUT2D eigenvalue weighted by Crippen LogP contribution is -2.32. The van der Waals surface area contributed by atoms with Gasteiger partial charge in [0.2, 0.25) is 5.91 Å². The molecule has 0 bridgehead atoms. The molecule has 11 heteroatoms. The third-order valence-corrected chi connectivity index (χ3v) is 4.43. The van der Waals surface area contributed by atoms with Crippen LogP contribution in [0, 0.1) is 0 Å². The summed E-state index contributed by atoms with van der Waals surface area (Å²) in [4.78, 5) is 32.5. The van der Waals surface area contributed by atoms with Gasteiger partial charge in [0.25, 0.3) is 5.91 Å². The van der Waals surface area contributed by atoms with Crippen molar-refractivity contribution in [1.82, 2.24) is 20.0 Å². The third-order valence-electron chi connectivity index (χ3n) is 4.17. The molecule has 9 nitrogen and oxygen atoms in total. The standard InChI is InChI=1S/C20H28FN7O2S/c1-4-15-19(25-12(2)3)28-20(17(27-15)18(22)30)26-14-7-5-6-13(10-14)8-9-23-16(29)11-24-31-21/h5-7,10,12,24H,4,8-9,11H2,1-3H3,(H2,22,30)(H,23,29)(H2,25,26,28). The number of carbonyl (C=O) groups is 2. The number of nitrogens with zero attached hydrogens (tertiary/aromatic N) is 2. The van der Waals surface area contributed by atoms with Crippen LogP contribution >= 0.6 is 12.3 Å². The molecule has 0 saturated heterocycles. The minimum Gasteiger partial charge on any atom is -0.366 e. The highest BCUT2D eigenvalue weighted by Crippen LogP contribution is 2.23. The molecule has 1 heterocycles. The van der Waals surface area contributed by atoms with Crippen molar-refractivity contribution in [3.05, 3.63) is 41.2 Å². The van der Waals surface area contributed by atoms with Crippen LogP contribution in [0.4, 0.5) is 21.2 Å². The molecule has 0 aliphatic carbocycles. The summed E-state index contributed by atoms with van der Waals surface area (Å²) in [7, 11) is 0. The summed E-state index contributed by atoms with van der Waals surface area (Å²) in [5.41, 5.74) is 7.93. The van der Waals surface area contributed by atoms with E-state index in [2.05, 4.69) is 30.6 Å². The first kappa shape index (κ1) is 24.4. The lowest BCUT2D eigenvalue weighted by atomic mass is 10.1. The van der Waals surface area contributed by atoms with Crippen molar-refractivity contribution in [3.8, 4) is 0 Å². The quantitative estimate of drug-likeness (QED) is 0.312. The number of carbonyl (C=O) groups excluding carboxylic acids is 2. The summed E-state index contributed by atoms with van der Waals surface area (Å²) >= 11 is -0.0955. The van der Waals surface area contributed by atoms with Gasteiger partial charge in [0.05, 0.1) is 12.2 Å². The highest BCUT2D eigenvalue weighted by Gasteiger charge is 2.17. The van der Waals surface area contributed by atoms with Crippen molar-refractivity contribution in [2.24, 2.45) is 5.73 Å². The normalized spacial score (nSPS) is 10.7. The van der Waals surface area contributed by atoms with Crippen molar-refractivity contribution < 1.29 is 13.5 Å². The Balaban J connectivity index is 2.17. The molecular formula is C20H28FN7O2S. The molecule has 6 N–H and O–H groups in total. The number of halogens is 1. The Morgan fingerprint density at radius 2 is 2.00 bits per heavy atom. The van der Waals surface area contributed by atoms with Crippen molar-refractivity contribution >= 4 is 41.5 Å². The van der Waals surface area contributed by atoms with Gasteiger partial charge in [-0.3, -0.25) is 9.59 Å². The molecule has 0 aliphatic rings. The van der Waals surface area contributed by atoms with Crippen LogP contribution in [-0.4, -0.2) is 40.9 Å². The molecule has 168 valence electrons. The predicted molar refractivity (Wildman–Crippen MR) is 122 cm³/mol. The van der Waals surface area contributed by atoms with E-state index in [4.69, 9.17) is 5.73 Å². The van der Waals surface area contributed by atoms with Crippen LogP contribution in [0.2, 0.25) is 0 Å². The SMILES string of the molecule is CCc1nc(C(N)=O)c(Nc2cccc(CCNC(=O)CNSF)c2)nc1NC(C)C. The Bertz CT molecular complexity index is 911. The zero-order valence-electron chi connectivity index (χ0n) is 17.8. The number of hydrogen-bond donors (Lipinski definition) is 5. The molecule has 31 heavy (non-hydrogen) atoms. The van der Waals surface area contributed by atoms with Gasteiger partial charge in [0.1, 0.15) is 18.2 Å². The molecule has 0 atom stereocenters. The second-order valence-corrected chi connectivity index (χ2v) is 7.50. The number of amides is 2. The fourth-order valence-corrected chi connectivity index (χ4v) is 2.99. The van der Waals surface area contributed by atoms with Gasteiger partial charge in [-0.25, -0.2) is 14.7 Å². The number of anilines is 3. The largest absolute Gasteiger partial charge is 0.366 e. The van der Waals surface area contributed by atoms with Gasteiger partial charge in [0, 0.05) is 18.3 Å². The van der Waals surface area contributed by atoms with E-state index in [9.17, 15) is 13.5 Å². The Labute approximate surface area is 185 Å². The van der Waals surface area contributed by atoms with Crippen molar-refractivity contribution in [2.75, 3.05) is 23.7 Å². The predicted octanol–water partition coefficient (Wildman–Crippen LogP) is 2.48. The lowest BCUT2D eigenvalue weighted by Gasteiger charge is -2.17. The number of nitrogens with one attached hydrogen (secondary N) is 4. The molecule has 0 unspecified atom stereocenters. The number of aromatic nitrogens is 2. The molecule has 0 radical (unpaired) electrons. The van der Waals surface area contributed by atoms with E-state index < -0.39 is 5.91 Å². The molecule has 2 rings (SSSR count). The van der Waals surface area contributed by atoms with Crippen LogP contribution in [0.15, 0.2) is 24.3 Å². The van der Waals surface area contributed by atoms with E-state index in [1.54, 1.807) is 0 Å². The molecule has 1 aromatic carbocycles. The van der Waals surface area contributed by atoms with Crippen molar-refractivity contribution in [2.45, 2.75) is 39.7 Å². The summed E-state index contributed by atoms with van der Waals surface area (Å²) in [6.07, 6.45) is 1.18. The summed E-state index contributed by atoms with van der Waals surface area (Å²) in [6.45, 7) is 6.22. The summed E-state index contributed by atoms with van der Waals surface area (Å²) < 4.78 is 14.2. The average molecular weight is 450 g/mol. The molecule has 0 spiro atoms. The van der Waals surface area contributed by atoms with Gasteiger partial charge < -0.3 is 21.7 Å². The van der Waals surface area contributed by atoms with Crippen LogP contribution in [0.5, 0.6) is 0 Å². The maximum atomic E-state index is 11.9. The molecule has 0 saturated carbocycles. The summed E-state index contributed by atoms with van der Waals surface area (Å²) in [5.74, 6) is -0.0845. The highest BCUT2D eigenvalue weighted by atomic mass is 32.2. The first-order valence-corrected chi connectivity index (χ1v) is 10.7. The molecule has 1 aromatic heterocycles. The van der Waals surface area contributed by atoms with E-state index in [-0.39, 0.29) is 42.3 Å². The second-order valence-electron chi connectivity index (χ2n) is 7.06. The van der Waals surface area contributed by atoms with Gasteiger partial charge in [-0.05, 0) is 44.4 Å². The fraction of sp³-hybridized carbons (Fsp3) is 0.400. The van der Waals surface area contributed by atoms with E-state index in [1.807, 2.05) is 45.0 Å². The fourth-order valence-electron chi connectivity index (χ4n) is 2.81. The van der Waals surface area contributed by atoms with Gasteiger partial charge in [0.15, 0.2) is 11.5 Å². The van der Waals surface area contributed by atoms with Gasteiger partial charge >= 0.3 is 0 Å². The first-order chi connectivity index (χ1) is 14.8.